The van der Waals surface area contributed by atoms with Gasteiger partial charge in [-0.3, -0.25) is 14.4 Å². The fourth-order valence-electron chi connectivity index (χ4n) is 8.30. The highest BCUT2D eigenvalue weighted by Crippen LogP contribution is 2.67. The molecule has 0 saturated heterocycles. The number of ether oxygens (including phenoxy) is 1. The van der Waals surface area contributed by atoms with Crippen LogP contribution in [0.5, 0.6) is 0 Å². The number of esters is 1. The Kier molecular flexibility index (Phi) is 6.23. The van der Waals surface area contributed by atoms with Crippen LogP contribution in [0.1, 0.15) is 84.5 Å². The van der Waals surface area contributed by atoms with Gasteiger partial charge >= 0.3 is 11.9 Å². The van der Waals surface area contributed by atoms with E-state index in [1.54, 1.807) is 0 Å². The standard InChI is InChI=1S/C25H38O6/c1-24-11-9-16(26)13-15(24)3-4-17-18-5-6-20(25(18,2)12-10-19(17)24)21(27)14-31-23(30)8-7-22(28)29/h15-20,26H,3-14H2,1-2H3,(H,28,29)/t15-,16-,17+,18+,19+,20-,24+,25+/m1/s1. The Morgan fingerprint density at radius 2 is 1.61 bits per heavy atom. The monoisotopic (exact) mass is 434 g/mol. The van der Waals surface area contributed by atoms with E-state index in [1.807, 2.05) is 0 Å². The van der Waals surface area contributed by atoms with Crippen LogP contribution in [-0.2, 0) is 19.1 Å². The molecule has 0 amide bonds. The van der Waals surface area contributed by atoms with Crippen molar-refractivity contribution in [3.05, 3.63) is 0 Å². The lowest BCUT2D eigenvalue weighted by Gasteiger charge is -2.60. The van der Waals surface area contributed by atoms with Gasteiger partial charge in [0, 0.05) is 5.92 Å². The molecule has 8 atom stereocenters. The van der Waals surface area contributed by atoms with Crippen molar-refractivity contribution in [3.63, 3.8) is 0 Å². The van der Waals surface area contributed by atoms with Crippen LogP contribution < -0.4 is 0 Å². The van der Waals surface area contributed by atoms with Crippen LogP contribution in [0, 0.1) is 40.4 Å². The van der Waals surface area contributed by atoms with E-state index in [4.69, 9.17) is 9.84 Å². The average Bonchev–Trinajstić information content (AvgIpc) is 3.08. The van der Waals surface area contributed by atoms with E-state index in [2.05, 4.69) is 13.8 Å². The zero-order valence-electron chi connectivity index (χ0n) is 19.0. The zero-order valence-corrected chi connectivity index (χ0v) is 19.0. The molecule has 6 nitrogen and oxygen atoms in total. The molecule has 0 bridgehead atoms. The Hall–Kier alpha value is -1.43. The maximum Gasteiger partial charge on any atom is 0.306 e. The smallest absolute Gasteiger partial charge is 0.306 e. The molecule has 2 N–H and O–H groups in total. The third kappa shape index (κ3) is 4.05. The minimum Gasteiger partial charge on any atom is -0.481 e. The number of carboxylic acids is 1. The van der Waals surface area contributed by atoms with E-state index >= 15 is 0 Å². The third-order valence-electron chi connectivity index (χ3n) is 9.95. The number of Topliss-reactive ketones (excluding diaryl/α,β-unsaturated/α-hetero) is 1. The van der Waals surface area contributed by atoms with Crippen LogP contribution in [0.4, 0.5) is 0 Å². The zero-order chi connectivity index (χ0) is 22.4. The molecule has 0 heterocycles. The number of carbonyl (C=O) groups excluding carboxylic acids is 2. The van der Waals surface area contributed by atoms with Crippen LogP contribution in [0.15, 0.2) is 0 Å². The summed E-state index contributed by atoms with van der Waals surface area (Å²) in [4.78, 5) is 35.4. The van der Waals surface area contributed by atoms with Crippen molar-refractivity contribution >= 4 is 17.7 Å². The fourth-order valence-corrected chi connectivity index (χ4v) is 8.30. The Balaban J connectivity index is 1.40. The first-order valence-electron chi connectivity index (χ1n) is 12.2. The van der Waals surface area contributed by atoms with E-state index in [1.165, 1.54) is 12.8 Å². The molecule has 6 heteroatoms. The molecular weight excluding hydrogens is 396 g/mol. The molecule has 174 valence electrons. The number of hydrogen-bond acceptors (Lipinski definition) is 5. The van der Waals surface area contributed by atoms with E-state index in [-0.39, 0.29) is 42.7 Å². The van der Waals surface area contributed by atoms with Crippen LogP contribution in [0.25, 0.3) is 0 Å². The Morgan fingerprint density at radius 3 is 2.35 bits per heavy atom. The second-order valence-corrected chi connectivity index (χ2v) is 11.3. The van der Waals surface area contributed by atoms with E-state index < -0.39 is 11.9 Å². The van der Waals surface area contributed by atoms with Gasteiger partial charge in [-0.1, -0.05) is 13.8 Å². The van der Waals surface area contributed by atoms with Crippen molar-refractivity contribution in [1.29, 1.82) is 0 Å². The van der Waals surface area contributed by atoms with Crippen LogP contribution >= 0.6 is 0 Å². The molecular formula is C25H38O6. The molecule has 0 radical (unpaired) electrons. The predicted octanol–water partition coefficient (Wildman–Crippen LogP) is 3.98. The number of rotatable bonds is 6. The lowest BCUT2D eigenvalue weighted by atomic mass is 9.44. The van der Waals surface area contributed by atoms with Gasteiger partial charge in [0.25, 0.3) is 0 Å². The molecule has 31 heavy (non-hydrogen) atoms. The minimum atomic E-state index is -1.04. The quantitative estimate of drug-likeness (QED) is 0.613. The molecule has 0 spiro atoms. The van der Waals surface area contributed by atoms with Gasteiger partial charge in [0.1, 0.15) is 6.61 Å². The summed E-state index contributed by atoms with van der Waals surface area (Å²) in [7, 11) is 0. The largest absolute Gasteiger partial charge is 0.481 e. The topological polar surface area (TPSA) is 101 Å². The minimum absolute atomic E-state index is 0.00723. The number of carboxylic acid groups (broad SMARTS) is 1. The number of aliphatic hydroxyl groups excluding tert-OH is 1. The highest BCUT2D eigenvalue weighted by Gasteiger charge is 2.61. The van der Waals surface area contributed by atoms with Gasteiger partial charge in [0.2, 0.25) is 0 Å². The van der Waals surface area contributed by atoms with Gasteiger partial charge < -0.3 is 14.9 Å². The summed E-state index contributed by atoms with van der Waals surface area (Å²) < 4.78 is 5.12. The molecule has 4 saturated carbocycles. The molecule has 0 aliphatic heterocycles. The first-order valence-corrected chi connectivity index (χ1v) is 12.2. The first kappa shape index (κ1) is 22.8. The van der Waals surface area contributed by atoms with Gasteiger partial charge in [0.15, 0.2) is 5.78 Å². The maximum absolute atomic E-state index is 13.0. The molecule has 0 aromatic carbocycles. The van der Waals surface area contributed by atoms with Crippen LogP contribution in [0.2, 0.25) is 0 Å². The molecule has 4 rings (SSSR count). The van der Waals surface area contributed by atoms with Gasteiger partial charge in [-0.15, -0.1) is 0 Å². The molecule has 4 fully saturated rings. The molecule has 0 unspecified atom stereocenters. The number of aliphatic carboxylic acids is 1. The second kappa shape index (κ2) is 8.49. The summed E-state index contributed by atoms with van der Waals surface area (Å²) in [5.74, 6) is 0.827. The van der Waals surface area contributed by atoms with Crippen molar-refractivity contribution in [2.45, 2.75) is 90.6 Å². The molecule has 4 aliphatic carbocycles. The van der Waals surface area contributed by atoms with Crippen molar-refractivity contribution in [2.24, 2.45) is 40.4 Å². The fraction of sp³-hybridized carbons (Fsp3) is 0.880. The van der Waals surface area contributed by atoms with E-state index in [0.717, 1.165) is 44.9 Å². The lowest BCUT2D eigenvalue weighted by Crippen LogP contribution is -2.54. The summed E-state index contributed by atoms with van der Waals surface area (Å²) >= 11 is 0. The van der Waals surface area contributed by atoms with Gasteiger partial charge in [0.05, 0.1) is 18.9 Å². The van der Waals surface area contributed by atoms with Crippen LogP contribution in [-0.4, -0.2) is 40.6 Å². The summed E-state index contributed by atoms with van der Waals surface area (Å²) in [6.45, 7) is 4.53. The summed E-state index contributed by atoms with van der Waals surface area (Å²) in [5.41, 5.74) is 0.300. The highest BCUT2D eigenvalue weighted by atomic mass is 16.5. The number of carbonyl (C=O) groups is 3. The molecule has 4 aliphatic rings. The number of ketones is 1. The Morgan fingerprint density at radius 1 is 0.903 bits per heavy atom. The molecule has 0 aromatic heterocycles. The Bertz CT molecular complexity index is 734. The van der Waals surface area contributed by atoms with Gasteiger partial charge in [-0.05, 0) is 92.3 Å². The second-order valence-electron chi connectivity index (χ2n) is 11.3. The first-order chi connectivity index (χ1) is 14.6. The maximum atomic E-state index is 13.0. The van der Waals surface area contributed by atoms with Crippen molar-refractivity contribution in [2.75, 3.05) is 6.61 Å². The summed E-state index contributed by atoms with van der Waals surface area (Å²) in [6.07, 6.45) is 8.97. The Labute approximate surface area is 185 Å². The normalized spacial score (nSPS) is 44.0. The van der Waals surface area contributed by atoms with Crippen molar-refractivity contribution in [1.82, 2.24) is 0 Å². The van der Waals surface area contributed by atoms with Gasteiger partial charge in [-0.25, -0.2) is 0 Å². The van der Waals surface area contributed by atoms with E-state index in [9.17, 15) is 19.5 Å². The van der Waals surface area contributed by atoms with Crippen molar-refractivity contribution in [3.8, 4) is 0 Å². The van der Waals surface area contributed by atoms with Gasteiger partial charge in [-0.2, -0.15) is 0 Å². The SMILES string of the molecule is C[C@]12CC[C@@H](O)C[C@H]1CC[C@@H]1[C@@H]2CC[C@]2(C)[C@@H](C(=O)COC(=O)CCC(=O)O)CC[C@@H]12. The summed E-state index contributed by atoms with van der Waals surface area (Å²) in [5, 5.41) is 18.9. The number of fused-ring (bicyclic) bond motifs is 5. The summed E-state index contributed by atoms with van der Waals surface area (Å²) in [6, 6.07) is 0. The lowest BCUT2D eigenvalue weighted by molar-refractivity contribution is -0.154. The van der Waals surface area contributed by atoms with Crippen molar-refractivity contribution < 1.29 is 29.3 Å². The van der Waals surface area contributed by atoms with E-state index in [0.29, 0.717) is 29.1 Å². The number of hydrogen-bond donors (Lipinski definition) is 2. The average molecular weight is 435 g/mol. The highest BCUT2D eigenvalue weighted by molar-refractivity contribution is 5.86. The molecule has 0 aromatic rings. The third-order valence-corrected chi connectivity index (χ3v) is 9.95. The van der Waals surface area contributed by atoms with Crippen LogP contribution in [0.3, 0.4) is 0 Å². The predicted molar refractivity (Wildman–Crippen MR) is 114 cm³/mol. The number of aliphatic hydroxyl groups is 1.